The van der Waals surface area contributed by atoms with E-state index >= 15 is 4.79 Å². The maximum absolute atomic E-state index is 15.1. The molecule has 0 radical (unpaired) electrons. The monoisotopic (exact) mass is 1110 g/mol. The molecule has 3 heterocycles. The Morgan fingerprint density at radius 3 is 1.84 bits per heavy atom. The number of hydrogen-bond donors (Lipinski definition) is 11. The van der Waals surface area contributed by atoms with Crippen LogP contribution in [0.5, 0.6) is 0 Å². The van der Waals surface area contributed by atoms with Crippen LogP contribution in [0.1, 0.15) is 53.5 Å². The summed E-state index contributed by atoms with van der Waals surface area (Å²) in [6.45, 7) is 10.4. The Hall–Kier alpha value is -5.23. The number of hydrogen-bond acceptors (Lipinski definition) is 18. The molecule has 1 aromatic rings. The molecular weight excluding hydrogens is 1040 g/mol. The molecule has 0 aromatic heterocycles. The van der Waals surface area contributed by atoms with Crippen LogP contribution in [-0.2, 0) is 73.3 Å². The number of thioether (sulfide) groups is 3. The molecule has 1 aromatic carbocycles. The van der Waals surface area contributed by atoms with Crippen molar-refractivity contribution in [3.8, 4) is 0 Å². The first-order valence-corrected chi connectivity index (χ1v) is 27.2. The minimum absolute atomic E-state index is 0.0325. The lowest BCUT2D eigenvalue weighted by molar-refractivity contribution is -0.135. The van der Waals surface area contributed by atoms with Gasteiger partial charge in [-0.1, -0.05) is 83.6 Å². The number of rotatable bonds is 23. The summed E-state index contributed by atoms with van der Waals surface area (Å²) in [5, 5.41) is 27.2. The normalized spacial score (nSPS) is 24.2. The highest BCUT2D eigenvalue weighted by atomic mass is 32.2. The van der Waals surface area contributed by atoms with E-state index in [9.17, 15) is 43.2 Å². The largest absolute Gasteiger partial charge is 0.377 e. The molecule has 2 spiro atoms. The highest BCUT2D eigenvalue weighted by Gasteiger charge is 2.68. The number of nitrogens with one attached hydrogen (secondary N) is 10. The Balaban J connectivity index is 1.54. The number of primary amides is 1. The Bertz CT molecular complexity index is 2170. The number of carbonyl (C=O) groups is 10. The first-order valence-electron chi connectivity index (χ1n) is 24.4. The summed E-state index contributed by atoms with van der Waals surface area (Å²) < 4.78 is 20.8. The van der Waals surface area contributed by atoms with Gasteiger partial charge in [0, 0.05) is 34.1 Å². The summed E-state index contributed by atoms with van der Waals surface area (Å²) in [6.07, 6.45) is -0.698. The minimum Gasteiger partial charge on any atom is -0.377 e. The van der Waals surface area contributed by atoms with E-state index in [0.717, 1.165) is 17.3 Å². The van der Waals surface area contributed by atoms with Crippen LogP contribution in [0.2, 0.25) is 0 Å². The molecule has 75 heavy (non-hydrogen) atoms. The van der Waals surface area contributed by atoms with Crippen molar-refractivity contribution in [3.05, 3.63) is 35.9 Å². The van der Waals surface area contributed by atoms with Crippen molar-refractivity contribution < 1.29 is 66.9 Å². The summed E-state index contributed by atoms with van der Waals surface area (Å²) in [4.78, 5) is 130. The van der Waals surface area contributed by atoms with E-state index in [0.29, 0.717) is 0 Å². The van der Waals surface area contributed by atoms with Gasteiger partial charge in [0.15, 0.2) is 4.87 Å². The standard InChI is InChI=1S/C47H73N11O14S3/c1-44(2,3)73-27-30-40(65)53-22-35(61)52-24-37(63)57-46(21-34(60)51-23-36(62)54-30)43(68)55-31(28-74-45(4,5)6)41(66)56-32(20-29-10-8-7-9-11-29)47(75-46)39(58-47)42(67)50-13-15-70-17-19-71-18-16-69-14-12-49-38(64)26-72-25-33(48)59/h7-11,30-32,39,58H,12-28H2,1-6H3,(H2,48,59)(H,49,64)(H,50,67)(H,51,60)(H,52,61)(H,53,65)(H,54,62)(H,55,68)(H,56,66)(H,57,63)/t30-,31-,32-,39?,46?,47?/m0/s1. The fourth-order valence-corrected chi connectivity index (χ4v) is 10.8. The van der Waals surface area contributed by atoms with E-state index in [-0.39, 0.29) is 93.4 Å². The third kappa shape index (κ3) is 22.5. The van der Waals surface area contributed by atoms with Gasteiger partial charge in [0.05, 0.1) is 71.7 Å². The highest BCUT2D eigenvalue weighted by Crippen LogP contribution is 2.50. The van der Waals surface area contributed by atoms with E-state index in [4.69, 9.17) is 24.7 Å². The molecule has 3 saturated heterocycles. The van der Waals surface area contributed by atoms with Gasteiger partial charge in [0.2, 0.25) is 53.2 Å². The van der Waals surface area contributed by atoms with Crippen molar-refractivity contribution >= 4 is 94.4 Å². The van der Waals surface area contributed by atoms with Gasteiger partial charge >= 0.3 is 0 Å². The molecule has 12 N–H and O–H groups in total. The fraction of sp³-hybridized carbons (Fsp3) is 0.660. The molecule has 6 atom stereocenters. The van der Waals surface area contributed by atoms with Crippen LogP contribution in [0.15, 0.2) is 30.3 Å². The van der Waals surface area contributed by atoms with Crippen LogP contribution in [0, 0.1) is 0 Å². The van der Waals surface area contributed by atoms with Gasteiger partial charge in [-0.2, -0.15) is 23.5 Å². The van der Waals surface area contributed by atoms with Gasteiger partial charge in [-0.25, -0.2) is 0 Å². The topological polar surface area (TPSA) is 364 Å². The molecule has 10 amide bonds. The average molecular weight is 1110 g/mol. The van der Waals surface area contributed by atoms with Crippen LogP contribution in [0.3, 0.4) is 0 Å². The summed E-state index contributed by atoms with van der Waals surface area (Å²) in [7, 11) is 0. The summed E-state index contributed by atoms with van der Waals surface area (Å²) >= 11 is 3.53. The van der Waals surface area contributed by atoms with Gasteiger partial charge in [-0.3, -0.25) is 53.3 Å². The molecule has 25 nitrogen and oxygen atoms in total. The molecule has 0 bridgehead atoms. The molecule has 0 saturated carbocycles. The third-order valence-corrected chi connectivity index (χ3v) is 15.3. The van der Waals surface area contributed by atoms with E-state index < -0.39 is 119 Å². The smallest absolute Gasteiger partial charge is 0.257 e. The van der Waals surface area contributed by atoms with Crippen LogP contribution < -0.4 is 58.9 Å². The molecule has 418 valence electrons. The van der Waals surface area contributed by atoms with Crippen molar-refractivity contribution in [3.63, 3.8) is 0 Å². The predicted molar refractivity (Wildman–Crippen MR) is 281 cm³/mol. The fourth-order valence-electron chi connectivity index (χ4n) is 7.18. The summed E-state index contributed by atoms with van der Waals surface area (Å²) in [6, 6.07) is 4.66. The van der Waals surface area contributed by atoms with E-state index in [1.807, 2.05) is 59.7 Å². The first kappa shape index (κ1) is 62.3. The minimum atomic E-state index is -2.30. The van der Waals surface area contributed by atoms with E-state index in [2.05, 4.69) is 53.2 Å². The zero-order chi connectivity index (χ0) is 55.2. The SMILES string of the molecule is CC(C)(C)SC[C@@H]1NC(=O)CNC(=O)CC2(NC(=O)CNC(=O)CNC1=O)SC1(NC1C(=O)NCCOCCOCCOCCNC(=O)COCC(N)=O)[C@H](Cc1ccccc1)NC(=O)[C@H](CSC(C)(C)C)NC2=O. The summed E-state index contributed by atoms with van der Waals surface area (Å²) in [5.74, 6) is -6.99. The average Bonchev–Trinajstić information content (AvgIpc) is 4.06. The zero-order valence-corrected chi connectivity index (χ0v) is 45.7. The van der Waals surface area contributed by atoms with Crippen LogP contribution in [-0.4, -0.2) is 200 Å². The maximum Gasteiger partial charge on any atom is 0.257 e. The molecule has 3 aliphatic heterocycles. The molecule has 4 rings (SSSR count). The molecule has 3 fully saturated rings. The Morgan fingerprint density at radius 1 is 0.667 bits per heavy atom. The quantitative estimate of drug-likeness (QED) is 0.0374. The van der Waals surface area contributed by atoms with Gasteiger partial charge < -0.3 is 72.5 Å². The lowest BCUT2D eigenvalue weighted by Gasteiger charge is -2.37. The number of benzene rings is 1. The Morgan fingerprint density at radius 2 is 1.23 bits per heavy atom. The van der Waals surface area contributed by atoms with Gasteiger partial charge in [0.1, 0.15) is 36.2 Å². The second-order valence-electron chi connectivity index (χ2n) is 19.5. The first-order chi connectivity index (χ1) is 35.4. The molecule has 28 heteroatoms. The number of nitrogens with two attached hydrogens (primary N) is 1. The van der Waals surface area contributed by atoms with Crippen molar-refractivity contribution in [1.82, 2.24) is 53.2 Å². The maximum atomic E-state index is 15.1. The van der Waals surface area contributed by atoms with E-state index in [1.165, 1.54) is 23.5 Å². The summed E-state index contributed by atoms with van der Waals surface area (Å²) in [5.41, 5.74) is 5.71. The third-order valence-electron chi connectivity index (χ3n) is 10.8. The van der Waals surface area contributed by atoms with Crippen molar-refractivity contribution in [2.24, 2.45) is 5.73 Å². The van der Waals surface area contributed by atoms with Crippen LogP contribution in [0.4, 0.5) is 0 Å². The molecule has 0 aliphatic carbocycles. The second kappa shape index (κ2) is 29.9. The zero-order valence-electron chi connectivity index (χ0n) is 43.2. The van der Waals surface area contributed by atoms with E-state index in [1.54, 1.807) is 12.1 Å². The van der Waals surface area contributed by atoms with Gasteiger partial charge in [-0.05, 0) is 12.0 Å². The van der Waals surface area contributed by atoms with Crippen LogP contribution >= 0.6 is 35.3 Å². The lowest BCUT2D eigenvalue weighted by Crippen LogP contribution is -2.63. The predicted octanol–water partition coefficient (Wildman–Crippen LogP) is -3.49. The molecule has 3 unspecified atom stereocenters. The number of ether oxygens (including phenoxy) is 4. The van der Waals surface area contributed by atoms with Crippen molar-refractivity contribution in [2.75, 3.05) is 97.1 Å². The number of amides is 10. The second-order valence-corrected chi connectivity index (χ2v) is 24.7. The highest BCUT2D eigenvalue weighted by molar-refractivity contribution is 8.03. The van der Waals surface area contributed by atoms with Gasteiger partial charge in [0.25, 0.3) is 5.91 Å². The van der Waals surface area contributed by atoms with Crippen molar-refractivity contribution in [2.45, 2.75) is 97.8 Å². The lowest BCUT2D eigenvalue weighted by atomic mass is 10.00. The number of carbonyl (C=O) groups excluding carboxylic acids is 10. The molecule has 3 aliphatic rings. The van der Waals surface area contributed by atoms with Crippen LogP contribution in [0.25, 0.3) is 0 Å². The molecular formula is C47H73N11O14S3. The van der Waals surface area contributed by atoms with Crippen molar-refractivity contribution in [1.29, 1.82) is 0 Å². The Kier molecular flexibility index (Phi) is 24.8. The Labute approximate surface area is 449 Å². The van der Waals surface area contributed by atoms with Gasteiger partial charge in [-0.15, -0.1) is 0 Å².